The Kier molecular flexibility index (Phi) is 3.35. The SMILES string of the molecule is CO[C@H]1CC[C@@]2(C)C(=CCC3C2CC[C@]2(C)C(=O)CCC32)C1. The number of hydrogen-bond acceptors (Lipinski definition) is 2. The van der Waals surface area contributed by atoms with Crippen LogP contribution in [0.1, 0.15) is 65.2 Å². The molecule has 0 N–H and O–H groups in total. The van der Waals surface area contributed by atoms with Gasteiger partial charge in [0.1, 0.15) is 5.78 Å². The van der Waals surface area contributed by atoms with Crippen LogP contribution in [0.25, 0.3) is 0 Å². The first-order valence-corrected chi connectivity index (χ1v) is 9.24. The summed E-state index contributed by atoms with van der Waals surface area (Å²) in [5, 5.41) is 0. The summed E-state index contributed by atoms with van der Waals surface area (Å²) >= 11 is 0. The van der Waals surface area contributed by atoms with E-state index in [-0.39, 0.29) is 5.41 Å². The third kappa shape index (κ3) is 1.85. The fraction of sp³-hybridized carbons (Fsp3) is 0.850. The molecule has 0 bridgehead atoms. The van der Waals surface area contributed by atoms with E-state index in [1.54, 1.807) is 5.57 Å². The summed E-state index contributed by atoms with van der Waals surface area (Å²) in [6, 6.07) is 0. The highest BCUT2D eigenvalue weighted by atomic mass is 16.5. The molecule has 2 heteroatoms. The molecule has 6 atom stereocenters. The number of ketones is 1. The van der Waals surface area contributed by atoms with Crippen LogP contribution >= 0.6 is 0 Å². The van der Waals surface area contributed by atoms with Crippen molar-refractivity contribution in [3.8, 4) is 0 Å². The van der Waals surface area contributed by atoms with Gasteiger partial charge in [-0.15, -0.1) is 0 Å². The monoisotopic (exact) mass is 302 g/mol. The van der Waals surface area contributed by atoms with Crippen LogP contribution in [0.4, 0.5) is 0 Å². The predicted molar refractivity (Wildman–Crippen MR) is 87.5 cm³/mol. The zero-order chi connectivity index (χ0) is 15.5. The van der Waals surface area contributed by atoms with Crippen LogP contribution in [0.3, 0.4) is 0 Å². The Bertz CT molecular complexity index is 522. The molecule has 0 aromatic rings. The highest BCUT2D eigenvalue weighted by Gasteiger charge is 2.58. The number of carbonyl (C=O) groups excluding carboxylic acids is 1. The number of fused-ring (bicyclic) bond motifs is 5. The average Bonchev–Trinajstić information content (AvgIpc) is 2.82. The Hall–Kier alpha value is -0.630. The van der Waals surface area contributed by atoms with Gasteiger partial charge in [0.05, 0.1) is 6.10 Å². The van der Waals surface area contributed by atoms with Crippen LogP contribution < -0.4 is 0 Å². The summed E-state index contributed by atoms with van der Waals surface area (Å²) in [7, 11) is 1.86. The van der Waals surface area contributed by atoms with Crippen molar-refractivity contribution < 1.29 is 9.53 Å². The van der Waals surface area contributed by atoms with Crippen molar-refractivity contribution in [2.24, 2.45) is 28.6 Å². The summed E-state index contributed by atoms with van der Waals surface area (Å²) in [5.41, 5.74) is 2.05. The van der Waals surface area contributed by atoms with Crippen molar-refractivity contribution in [2.75, 3.05) is 7.11 Å². The first kappa shape index (κ1) is 14.9. The van der Waals surface area contributed by atoms with Gasteiger partial charge in [0.15, 0.2) is 0 Å². The zero-order valence-corrected chi connectivity index (χ0v) is 14.4. The van der Waals surface area contributed by atoms with Crippen LogP contribution in [-0.4, -0.2) is 19.0 Å². The molecule has 0 amide bonds. The van der Waals surface area contributed by atoms with Crippen molar-refractivity contribution in [1.29, 1.82) is 0 Å². The molecule has 3 saturated carbocycles. The van der Waals surface area contributed by atoms with Crippen molar-refractivity contribution >= 4 is 5.78 Å². The molecule has 3 unspecified atom stereocenters. The largest absolute Gasteiger partial charge is 0.381 e. The lowest BCUT2D eigenvalue weighted by molar-refractivity contribution is -0.132. The summed E-state index contributed by atoms with van der Waals surface area (Å²) < 4.78 is 5.64. The molecule has 0 heterocycles. The van der Waals surface area contributed by atoms with Crippen LogP contribution in [-0.2, 0) is 9.53 Å². The van der Waals surface area contributed by atoms with E-state index in [4.69, 9.17) is 4.74 Å². The van der Waals surface area contributed by atoms with Gasteiger partial charge in [-0.2, -0.15) is 0 Å². The summed E-state index contributed by atoms with van der Waals surface area (Å²) in [6.45, 7) is 4.79. The van der Waals surface area contributed by atoms with Crippen LogP contribution in [0.2, 0.25) is 0 Å². The fourth-order valence-electron chi connectivity index (χ4n) is 6.60. The molecule has 2 nitrogen and oxygen atoms in total. The maximum absolute atomic E-state index is 12.4. The Morgan fingerprint density at radius 1 is 1.09 bits per heavy atom. The lowest BCUT2D eigenvalue weighted by atomic mass is 9.48. The minimum atomic E-state index is 0.00655. The Morgan fingerprint density at radius 2 is 1.82 bits per heavy atom. The van der Waals surface area contributed by atoms with E-state index < -0.39 is 0 Å². The fourth-order valence-corrected chi connectivity index (χ4v) is 6.60. The van der Waals surface area contributed by atoms with Gasteiger partial charge in [-0.05, 0) is 68.1 Å². The average molecular weight is 302 g/mol. The van der Waals surface area contributed by atoms with Crippen molar-refractivity contribution in [1.82, 2.24) is 0 Å². The van der Waals surface area contributed by atoms with E-state index in [0.29, 0.717) is 23.2 Å². The van der Waals surface area contributed by atoms with E-state index in [2.05, 4.69) is 19.9 Å². The minimum Gasteiger partial charge on any atom is -0.381 e. The van der Waals surface area contributed by atoms with Gasteiger partial charge in [0, 0.05) is 18.9 Å². The Balaban J connectivity index is 1.66. The number of ether oxygens (including phenoxy) is 1. The highest BCUT2D eigenvalue weighted by Crippen LogP contribution is 2.64. The molecule has 122 valence electrons. The van der Waals surface area contributed by atoms with Gasteiger partial charge in [0.2, 0.25) is 0 Å². The lowest BCUT2D eigenvalue weighted by Crippen LogP contribution is -2.50. The molecule has 0 spiro atoms. The van der Waals surface area contributed by atoms with E-state index in [1.807, 2.05) is 7.11 Å². The summed E-state index contributed by atoms with van der Waals surface area (Å²) in [4.78, 5) is 12.4. The predicted octanol–water partition coefficient (Wildman–Crippen LogP) is 4.53. The van der Waals surface area contributed by atoms with Crippen molar-refractivity contribution in [3.63, 3.8) is 0 Å². The Labute approximate surface area is 134 Å². The minimum absolute atomic E-state index is 0.00655. The Morgan fingerprint density at radius 3 is 2.59 bits per heavy atom. The number of carbonyl (C=O) groups is 1. The summed E-state index contributed by atoms with van der Waals surface area (Å²) in [6.07, 6.45) is 12.2. The molecule has 4 aliphatic carbocycles. The van der Waals surface area contributed by atoms with Crippen LogP contribution in [0, 0.1) is 28.6 Å². The van der Waals surface area contributed by atoms with Crippen molar-refractivity contribution in [2.45, 2.75) is 71.3 Å². The third-order valence-electron chi connectivity index (χ3n) is 8.10. The molecule has 0 saturated heterocycles. The maximum Gasteiger partial charge on any atom is 0.139 e. The normalized spacial score (nSPS) is 50.9. The zero-order valence-electron chi connectivity index (χ0n) is 14.4. The summed E-state index contributed by atoms with van der Waals surface area (Å²) in [5.74, 6) is 2.75. The molecule has 0 aromatic carbocycles. The van der Waals surface area contributed by atoms with Gasteiger partial charge < -0.3 is 4.74 Å². The molecular formula is C20H30O2. The topological polar surface area (TPSA) is 26.3 Å². The molecule has 0 aromatic heterocycles. The standard InChI is InChI=1S/C20H30O2/c1-19-10-8-14(22-3)12-13(19)4-5-15-16-6-7-18(21)20(16,2)11-9-17(15)19/h4,14-17H,5-12H2,1-3H3/t14-,15?,16?,17?,19-,20-/m0/s1. The van der Waals surface area contributed by atoms with Gasteiger partial charge in [-0.3, -0.25) is 4.79 Å². The van der Waals surface area contributed by atoms with Crippen molar-refractivity contribution in [3.05, 3.63) is 11.6 Å². The van der Waals surface area contributed by atoms with E-state index in [0.717, 1.165) is 37.5 Å². The first-order valence-electron chi connectivity index (χ1n) is 9.24. The quantitative estimate of drug-likeness (QED) is 0.665. The van der Waals surface area contributed by atoms with E-state index in [9.17, 15) is 4.79 Å². The van der Waals surface area contributed by atoms with Crippen LogP contribution in [0.15, 0.2) is 11.6 Å². The molecule has 0 aliphatic heterocycles. The van der Waals surface area contributed by atoms with Gasteiger partial charge in [0.25, 0.3) is 0 Å². The molecule has 3 fully saturated rings. The number of Topliss-reactive ketones (excluding diaryl/α,β-unsaturated/α-hetero) is 1. The second-order valence-corrected chi connectivity index (χ2v) is 8.78. The molecule has 4 aliphatic rings. The van der Waals surface area contributed by atoms with Crippen LogP contribution in [0.5, 0.6) is 0 Å². The number of rotatable bonds is 1. The maximum atomic E-state index is 12.4. The van der Waals surface area contributed by atoms with E-state index >= 15 is 0 Å². The van der Waals surface area contributed by atoms with Gasteiger partial charge >= 0.3 is 0 Å². The molecular weight excluding hydrogens is 272 g/mol. The number of methoxy groups -OCH3 is 1. The lowest BCUT2D eigenvalue weighted by Gasteiger charge is -2.57. The molecule has 4 rings (SSSR count). The highest BCUT2D eigenvalue weighted by molar-refractivity contribution is 5.87. The second kappa shape index (κ2) is 4.93. The molecule has 0 radical (unpaired) electrons. The third-order valence-corrected chi connectivity index (χ3v) is 8.10. The number of hydrogen-bond donors (Lipinski definition) is 0. The van der Waals surface area contributed by atoms with Gasteiger partial charge in [-0.1, -0.05) is 25.5 Å². The second-order valence-electron chi connectivity index (χ2n) is 8.78. The van der Waals surface area contributed by atoms with Gasteiger partial charge in [-0.25, -0.2) is 0 Å². The number of allylic oxidation sites excluding steroid dienone is 1. The first-order chi connectivity index (χ1) is 10.5. The smallest absolute Gasteiger partial charge is 0.139 e. The van der Waals surface area contributed by atoms with E-state index in [1.165, 1.54) is 25.7 Å². The molecule has 22 heavy (non-hydrogen) atoms.